The molecule has 0 radical (unpaired) electrons. The predicted molar refractivity (Wildman–Crippen MR) is 107 cm³/mol. The molecule has 3 aromatic rings. The number of ether oxygens (including phenoxy) is 1. The number of nitrogens with one attached hydrogen (secondary N) is 1. The first-order valence-electron chi connectivity index (χ1n) is 9.17. The van der Waals surface area contributed by atoms with E-state index in [1.54, 1.807) is 24.3 Å². The predicted octanol–water partition coefficient (Wildman–Crippen LogP) is 3.27. The number of fused-ring (bicyclic) bond motifs is 1. The summed E-state index contributed by atoms with van der Waals surface area (Å²) >= 11 is 0. The Kier molecular flexibility index (Phi) is 4.89. The molecule has 2 heterocycles. The average Bonchev–Trinajstić information content (AvgIpc) is 3.27. The van der Waals surface area contributed by atoms with Crippen molar-refractivity contribution in [2.45, 2.75) is 12.8 Å². The summed E-state index contributed by atoms with van der Waals surface area (Å²) < 4.78 is 4.69. The summed E-state index contributed by atoms with van der Waals surface area (Å²) in [5.74, 6) is -0.138. The van der Waals surface area contributed by atoms with Gasteiger partial charge in [-0.25, -0.2) is 14.8 Å². The fraction of sp³-hybridized carbons (Fsp3) is 0.238. The van der Waals surface area contributed by atoms with E-state index in [1.165, 1.54) is 7.11 Å². The summed E-state index contributed by atoms with van der Waals surface area (Å²) in [6.45, 7) is 1.72. The molecule has 1 amide bonds. The largest absolute Gasteiger partial charge is 0.465 e. The van der Waals surface area contributed by atoms with Crippen molar-refractivity contribution in [3.05, 3.63) is 59.8 Å². The van der Waals surface area contributed by atoms with Gasteiger partial charge in [-0.15, -0.1) is 0 Å². The molecule has 7 heteroatoms. The Morgan fingerprint density at radius 2 is 1.61 bits per heavy atom. The number of esters is 1. The van der Waals surface area contributed by atoms with E-state index >= 15 is 0 Å². The van der Waals surface area contributed by atoms with Crippen LogP contribution in [0, 0.1) is 0 Å². The van der Waals surface area contributed by atoms with E-state index in [4.69, 9.17) is 9.72 Å². The molecular weight excluding hydrogens is 356 g/mol. The Hall–Kier alpha value is -3.48. The second kappa shape index (κ2) is 7.64. The van der Waals surface area contributed by atoms with Crippen molar-refractivity contribution in [3.63, 3.8) is 0 Å². The third kappa shape index (κ3) is 3.51. The highest BCUT2D eigenvalue weighted by Gasteiger charge is 2.23. The van der Waals surface area contributed by atoms with Gasteiger partial charge in [0.25, 0.3) is 5.91 Å². The number of para-hydroxylation sites is 2. The number of methoxy groups -OCH3 is 1. The van der Waals surface area contributed by atoms with Gasteiger partial charge >= 0.3 is 5.97 Å². The summed E-state index contributed by atoms with van der Waals surface area (Å²) in [5.41, 5.74) is 2.74. The Labute approximate surface area is 162 Å². The van der Waals surface area contributed by atoms with Gasteiger partial charge < -0.3 is 15.0 Å². The second-order valence-electron chi connectivity index (χ2n) is 6.60. The van der Waals surface area contributed by atoms with Gasteiger partial charge in [0.1, 0.15) is 0 Å². The number of carbonyl (C=O) groups excluding carboxylic acids is 2. The number of aromatic nitrogens is 2. The average molecular weight is 376 g/mol. The van der Waals surface area contributed by atoms with Crippen LogP contribution in [0.25, 0.3) is 11.0 Å². The molecule has 1 saturated heterocycles. The van der Waals surface area contributed by atoms with Gasteiger partial charge in [0.15, 0.2) is 11.5 Å². The molecule has 0 atom stereocenters. The van der Waals surface area contributed by atoms with Crippen molar-refractivity contribution in [1.82, 2.24) is 9.97 Å². The molecular formula is C21H20N4O3. The number of benzene rings is 2. The topological polar surface area (TPSA) is 84.4 Å². The first kappa shape index (κ1) is 17.9. The lowest BCUT2D eigenvalue weighted by molar-refractivity contribution is 0.0600. The highest BCUT2D eigenvalue weighted by molar-refractivity contribution is 6.07. The molecule has 28 heavy (non-hydrogen) atoms. The van der Waals surface area contributed by atoms with E-state index < -0.39 is 5.97 Å². The monoisotopic (exact) mass is 376 g/mol. The molecule has 1 aliphatic heterocycles. The lowest BCUT2D eigenvalue weighted by Crippen LogP contribution is -2.25. The second-order valence-corrected chi connectivity index (χ2v) is 6.60. The zero-order chi connectivity index (χ0) is 19.5. The van der Waals surface area contributed by atoms with E-state index in [1.807, 2.05) is 24.3 Å². The third-order valence-corrected chi connectivity index (χ3v) is 4.74. The standard InChI is InChI=1S/C21H20N4O3/c1-28-21(27)14-8-10-15(11-9-14)22-20(26)18-19(25-12-4-5-13-25)24-17-7-3-2-6-16(17)23-18/h2-3,6-11H,4-5,12-13H2,1H3,(H,22,26). The van der Waals surface area contributed by atoms with Crippen LogP contribution in [0.15, 0.2) is 48.5 Å². The molecule has 4 rings (SSSR count). The number of hydrogen-bond donors (Lipinski definition) is 1. The summed E-state index contributed by atoms with van der Waals surface area (Å²) in [5, 5.41) is 2.85. The summed E-state index contributed by atoms with van der Waals surface area (Å²) in [4.78, 5) is 35.9. The molecule has 0 saturated carbocycles. The Morgan fingerprint density at radius 3 is 2.25 bits per heavy atom. The van der Waals surface area contributed by atoms with Crippen LogP contribution in [0.5, 0.6) is 0 Å². The molecule has 2 aromatic carbocycles. The molecule has 7 nitrogen and oxygen atoms in total. The van der Waals surface area contributed by atoms with Gasteiger partial charge in [-0.05, 0) is 49.2 Å². The van der Waals surface area contributed by atoms with E-state index in [0.29, 0.717) is 28.3 Å². The van der Waals surface area contributed by atoms with Gasteiger partial charge in [-0.3, -0.25) is 4.79 Å². The van der Waals surface area contributed by atoms with Crippen molar-refractivity contribution in [2.75, 3.05) is 30.4 Å². The molecule has 1 aromatic heterocycles. The fourth-order valence-electron chi connectivity index (χ4n) is 3.29. The molecule has 0 spiro atoms. The first-order valence-corrected chi connectivity index (χ1v) is 9.17. The fourth-order valence-corrected chi connectivity index (χ4v) is 3.29. The Balaban J connectivity index is 1.65. The normalized spacial score (nSPS) is 13.5. The summed E-state index contributed by atoms with van der Waals surface area (Å²) in [6.07, 6.45) is 2.15. The zero-order valence-corrected chi connectivity index (χ0v) is 15.5. The number of amides is 1. The van der Waals surface area contributed by atoms with Crippen LogP contribution in [0.3, 0.4) is 0 Å². The van der Waals surface area contributed by atoms with Crippen molar-refractivity contribution in [2.24, 2.45) is 0 Å². The van der Waals surface area contributed by atoms with E-state index in [0.717, 1.165) is 31.4 Å². The van der Waals surface area contributed by atoms with Crippen LogP contribution in [0.2, 0.25) is 0 Å². The van der Waals surface area contributed by atoms with Crippen LogP contribution in [0.4, 0.5) is 11.5 Å². The van der Waals surface area contributed by atoms with Crippen molar-refractivity contribution < 1.29 is 14.3 Å². The van der Waals surface area contributed by atoms with Crippen LogP contribution < -0.4 is 10.2 Å². The summed E-state index contributed by atoms with van der Waals surface area (Å²) in [6, 6.07) is 14.1. The lowest BCUT2D eigenvalue weighted by Gasteiger charge is -2.19. The number of carbonyl (C=O) groups is 2. The van der Waals surface area contributed by atoms with Crippen LogP contribution in [-0.4, -0.2) is 42.0 Å². The molecule has 0 bridgehead atoms. The summed E-state index contributed by atoms with van der Waals surface area (Å²) in [7, 11) is 1.33. The zero-order valence-electron chi connectivity index (χ0n) is 15.5. The third-order valence-electron chi connectivity index (χ3n) is 4.74. The van der Waals surface area contributed by atoms with Gasteiger partial charge in [-0.2, -0.15) is 0 Å². The van der Waals surface area contributed by atoms with Crippen LogP contribution in [-0.2, 0) is 4.74 Å². The van der Waals surface area contributed by atoms with E-state index in [-0.39, 0.29) is 5.91 Å². The molecule has 142 valence electrons. The van der Waals surface area contributed by atoms with Gasteiger partial charge in [0.2, 0.25) is 0 Å². The van der Waals surface area contributed by atoms with E-state index in [9.17, 15) is 9.59 Å². The van der Waals surface area contributed by atoms with Gasteiger partial charge in [0, 0.05) is 18.8 Å². The minimum atomic E-state index is -0.422. The SMILES string of the molecule is COC(=O)c1ccc(NC(=O)c2nc3ccccc3nc2N2CCCC2)cc1. The Bertz CT molecular complexity index is 1030. The quantitative estimate of drug-likeness (QED) is 0.704. The Morgan fingerprint density at radius 1 is 0.964 bits per heavy atom. The van der Waals surface area contributed by atoms with Crippen molar-refractivity contribution in [3.8, 4) is 0 Å². The molecule has 1 fully saturated rings. The smallest absolute Gasteiger partial charge is 0.337 e. The maximum atomic E-state index is 13.0. The minimum absolute atomic E-state index is 0.303. The maximum Gasteiger partial charge on any atom is 0.337 e. The highest BCUT2D eigenvalue weighted by Crippen LogP contribution is 2.25. The number of anilines is 2. The van der Waals surface area contributed by atoms with Crippen molar-refractivity contribution >= 4 is 34.4 Å². The molecule has 0 aliphatic carbocycles. The maximum absolute atomic E-state index is 13.0. The van der Waals surface area contributed by atoms with Crippen molar-refractivity contribution in [1.29, 1.82) is 0 Å². The van der Waals surface area contributed by atoms with Crippen LogP contribution in [0.1, 0.15) is 33.7 Å². The lowest BCUT2D eigenvalue weighted by atomic mass is 10.2. The number of hydrogen-bond acceptors (Lipinski definition) is 6. The first-order chi connectivity index (χ1) is 13.7. The van der Waals surface area contributed by atoms with Crippen LogP contribution >= 0.6 is 0 Å². The number of nitrogens with zero attached hydrogens (tertiary/aromatic N) is 3. The number of rotatable bonds is 4. The minimum Gasteiger partial charge on any atom is -0.465 e. The van der Waals surface area contributed by atoms with Gasteiger partial charge in [0.05, 0.1) is 23.7 Å². The van der Waals surface area contributed by atoms with Gasteiger partial charge in [-0.1, -0.05) is 12.1 Å². The highest BCUT2D eigenvalue weighted by atomic mass is 16.5. The molecule has 1 aliphatic rings. The molecule has 1 N–H and O–H groups in total. The molecule has 0 unspecified atom stereocenters. The van der Waals surface area contributed by atoms with E-state index in [2.05, 4.69) is 15.2 Å².